The van der Waals surface area contributed by atoms with Crippen LogP contribution in [-0.4, -0.2) is 20.0 Å². The van der Waals surface area contributed by atoms with Crippen molar-refractivity contribution in [1.82, 2.24) is 9.78 Å². The van der Waals surface area contributed by atoms with E-state index in [0.29, 0.717) is 11.3 Å². The van der Waals surface area contributed by atoms with Gasteiger partial charge >= 0.3 is 0 Å². The van der Waals surface area contributed by atoms with Gasteiger partial charge in [0.2, 0.25) is 0 Å². The second-order valence-electron chi connectivity index (χ2n) is 2.22. The van der Waals surface area contributed by atoms with E-state index in [1.165, 1.54) is 0 Å². The van der Waals surface area contributed by atoms with Gasteiger partial charge in [-0.25, -0.2) is 0 Å². The van der Waals surface area contributed by atoms with E-state index in [1.54, 1.807) is 24.9 Å². The molecule has 1 aromatic heterocycles. The Bertz CT molecular complexity index is 230. The lowest BCUT2D eigenvalue weighted by Crippen LogP contribution is -1.94. The molecule has 2 N–H and O–H groups in total. The third kappa shape index (κ3) is 1.17. The minimum absolute atomic E-state index is 0.461. The summed E-state index contributed by atoms with van der Waals surface area (Å²) in [5.74, 6) is 0. The van der Waals surface area contributed by atoms with Crippen LogP contribution in [0, 0.1) is 6.92 Å². The Balaban J connectivity index is 3.03. The van der Waals surface area contributed by atoms with Crippen LogP contribution in [0.5, 0.6) is 0 Å². The molecule has 4 nitrogen and oxygen atoms in total. The highest BCUT2D eigenvalue weighted by molar-refractivity contribution is 5.15. The van der Waals surface area contributed by atoms with Gasteiger partial charge in [-0.2, -0.15) is 5.10 Å². The maximum absolute atomic E-state index is 8.72. The molecule has 0 aliphatic heterocycles. The molecule has 0 saturated carbocycles. The fraction of sp³-hybridized carbons (Fsp3) is 0.500. The van der Waals surface area contributed by atoms with E-state index < -0.39 is 6.29 Å². The van der Waals surface area contributed by atoms with Crippen molar-refractivity contribution in [3.05, 3.63) is 17.5 Å². The maximum atomic E-state index is 8.72. The fourth-order valence-corrected chi connectivity index (χ4v) is 0.871. The molecule has 0 atom stereocenters. The first-order chi connectivity index (χ1) is 4.61. The van der Waals surface area contributed by atoms with Crippen molar-refractivity contribution in [2.45, 2.75) is 13.2 Å². The number of aromatic nitrogens is 2. The fourth-order valence-electron chi connectivity index (χ4n) is 0.871. The molecule has 1 heterocycles. The summed E-state index contributed by atoms with van der Waals surface area (Å²) in [6.07, 6.45) is 0.175. The number of hydrogen-bond acceptors (Lipinski definition) is 3. The zero-order valence-electron chi connectivity index (χ0n) is 5.94. The van der Waals surface area contributed by atoms with Crippen LogP contribution >= 0.6 is 0 Å². The molecule has 1 rings (SSSR count). The second-order valence-corrected chi connectivity index (χ2v) is 2.22. The zero-order valence-corrected chi connectivity index (χ0v) is 5.94. The van der Waals surface area contributed by atoms with Crippen LogP contribution in [0.1, 0.15) is 17.5 Å². The Kier molecular flexibility index (Phi) is 1.74. The number of aryl methyl sites for hydroxylation is 2. The van der Waals surface area contributed by atoms with Gasteiger partial charge in [0.15, 0.2) is 6.29 Å². The lowest BCUT2D eigenvalue weighted by atomic mass is 10.2. The Hall–Kier alpha value is -0.870. The standard InChI is InChI=1S/C6H10N2O2/c1-4-5(6(9)10)3-8(2)7-4/h3,6,9-10H,1-2H3. The average Bonchev–Trinajstić information content (AvgIpc) is 2.10. The smallest absolute Gasteiger partial charge is 0.181 e. The second kappa shape index (κ2) is 2.40. The highest BCUT2D eigenvalue weighted by atomic mass is 16.5. The molecule has 1 aromatic rings. The van der Waals surface area contributed by atoms with E-state index >= 15 is 0 Å². The zero-order chi connectivity index (χ0) is 7.72. The largest absolute Gasteiger partial charge is 0.364 e. The van der Waals surface area contributed by atoms with Gasteiger partial charge in [-0.1, -0.05) is 0 Å². The van der Waals surface area contributed by atoms with Crippen molar-refractivity contribution in [1.29, 1.82) is 0 Å². The van der Waals surface area contributed by atoms with E-state index in [2.05, 4.69) is 5.10 Å². The van der Waals surface area contributed by atoms with Crippen LogP contribution in [-0.2, 0) is 7.05 Å². The van der Waals surface area contributed by atoms with Crippen LogP contribution < -0.4 is 0 Å². The SMILES string of the molecule is Cc1nn(C)cc1C(O)O. The Morgan fingerprint density at radius 2 is 2.20 bits per heavy atom. The molecule has 4 heteroatoms. The summed E-state index contributed by atoms with van der Waals surface area (Å²) >= 11 is 0. The van der Waals surface area contributed by atoms with Gasteiger partial charge in [-0.3, -0.25) is 4.68 Å². The van der Waals surface area contributed by atoms with Gasteiger partial charge in [0.1, 0.15) is 0 Å². The van der Waals surface area contributed by atoms with E-state index in [-0.39, 0.29) is 0 Å². The number of rotatable bonds is 1. The van der Waals surface area contributed by atoms with Crippen LogP contribution in [0.25, 0.3) is 0 Å². The minimum Gasteiger partial charge on any atom is -0.364 e. The van der Waals surface area contributed by atoms with Crippen LogP contribution in [0.3, 0.4) is 0 Å². The summed E-state index contributed by atoms with van der Waals surface area (Å²) in [7, 11) is 1.74. The summed E-state index contributed by atoms with van der Waals surface area (Å²) in [4.78, 5) is 0. The predicted octanol–water partition coefficient (Wildman–Crippen LogP) is -0.288. The van der Waals surface area contributed by atoms with E-state index in [0.717, 1.165) is 0 Å². The highest BCUT2D eigenvalue weighted by Crippen LogP contribution is 2.11. The van der Waals surface area contributed by atoms with Crippen LogP contribution in [0.2, 0.25) is 0 Å². The quantitative estimate of drug-likeness (QED) is 0.530. The molecule has 0 saturated heterocycles. The summed E-state index contributed by atoms with van der Waals surface area (Å²) in [6.45, 7) is 1.73. The first-order valence-electron chi connectivity index (χ1n) is 2.97. The molecule has 0 unspecified atom stereocenters. The molecule has 0 aromatic carbocycles. The molecular weight excluding hydrogens is 132 g/mol. The summed E-state index contributed by atoms with van der Waals surface area (Å²) in [6, 6.07) is 0. The van der Waals surface area contributed by atoms with Gasteiger partial charge in [-0.15, -0.1) is 0 Å². The van der Waals surface area contributed by atoms with Crippen molar-refractivity contribution < 1.29 is 10.2 Å². The topological polar surface area (TPSA) is 58.3 Å². The van der Waals surface area contributed by atoms with Crippen LogP contribution in [0.15, 0.2) is 6.20 Å². The molecule has 0 amide bonds. The molecule has 0 bridgehead atoms. The maximum Gasteiger partial charge on any atom is 0.181 e. The number of aliphatic hydroxyl groups excluding tert-OH is 1. The van der Waals surface area contributed by atoms with Gasteiger partial charge in [-0.05, 0) is 6.92 Å². The molecule has 0 spiro atoms. The van der Waals surface area contributed by atoms with Crippen molar-refractivity contribution in [2.24, 2.45) is 7.05 Å². The van der Waals surface area contributed by atoms with Crippen molar-refractivity contribution in [2.75, 3.05) is 0 Å². The predicted molar refractivity (Wildman–Crippen MR) is 35.1 cm³/mol. The molecule has 10 heavy (non-hydrogen) atoms. The number of hydrogen-bond donors (Lipinski definition) is 2. The third-order valence-electron chi connectivity index (χ3n) is 1.33. The number of aliphatic hydroxyl groups is 2. The van der Waals surface area contributed by atoms with E-state index in [9.17, 15) is 0 Å². The Morgan fingerprint density at radius 3 is 2.40 bits per heavy atom. The molecule has 0 aliphatic rings. The van der Waals surface area contributed by atoms with E-state index in [4.69, 9.17) is 10.2 Å². The summed E-state index contributed by atoms with van der Waals surface area (Å²) in [5, 5.41) is 21.4. The lowest BCUT2D eigenvalue weighted by Gasteiger charge is -1.97. The van der Waals surface area contributed by atoms with Crippen molar-refractivity contribution in [3.63, 3.8) is 0 Å². The normalized spacial score (nSPS) is 10.9. The molecule has 0 aliphatic carbocycles. The monoisotopic (exact) mass is 142 g/mol. The van der Waals surface area contributed by atoms with Gasteiger partial charge in [0.05, 0.1) is 5.69 Å². The summed E-state index contributed by atoms with van der Waals surface area (Å²) < 4.78 is 1.55. The van der Waals surface area contributed by atoms with E-state index in [1.807, 2.05) is 0 Å². The van der Waals surface area contributed by atoms with Gasteiger partial charge in [0.25, 0.3) is 0 Å². The Morgan fingerprint density at radius 1 is 1.60 bits per heavy atom. The molecule has 0 fully saturated rings. The first kappa shape index (κ1) is 7.24. The third-order valence-corrected chi connectivity index (χ3v) is 1.33. The summed E-state index contributed by atoms with van der Waals surface area (Å²) in [5.41, 5.74) is 1.11. The molecule has 0 radical (unpaired) electrons. The van der Waals surface area contributed by atoms with Gasteiger partial charge in [0, 0.05) is 18.8 Å². The minimum atomic E-state index is -1.41. The average molecular weight is 142 g/mol. The Labute approximate surface area is 58.7 Å². The van der Waals surface area contributed by atoms with Crippen LogP contribution in [0.4, 0.5) is 0 Å². The van der Waals surface area contributed by atoms with Crippen molar-refractivity contribution in [3.8, 4) is 0 Å². The van der Waals surface area contributed by atoms with Crippen molar-refractivity contribution >= 4 is 0 Å². The van der Waals surface area contributed by atoms with Gasteiger partial charge < -0.3 is 10.2 Å². The number of nitrogens with zero attached hydrogens (tertiary/aromatic N) is 2. The highest BCUT2D eigenvalue weighted by Gasteiger charge is 2.08. The lowest BCUT2D eigenvalue weighted by molar-refractivity contribution is -0.0429. The first-order valence-corrected chi connectivity index (χ1v) is 2.97. The molecular formula is C6H10N2O2. The molecule has 56 valence electrons.